The third-order valence-corrected chi connectivity index (χ3v) is 4.14. The van der Waals surface area contributed by atoms with E-state index >= 15 is 0 Å². The highest BCUT2D eigenvalue weighted by molar-refractivity contribution is 5.83. The van der Waals surface area contributed by atoms with Crippen molar-refractivity contribution in [2.24, 2.45) is 0 Å². The predicted octanol–water partition coefficient (Wildman–Crippen LogP) is 3.11. The maximum absolute atomic E-state index is 12.5. The molecule has 0 saturated carbocycles. The van der Waals surface area contributed by atoms with Crippen LogP contribution in [0.3, 0.4) is 0 Å². The number of hydrogen-bond donors (Lipinski definition) is 1. The summed E-state index contributed by atoms with van der Waals surface area (Å²) in [7, 11) is 5.60. The first-order valence-corrected chi connectivity index (χ1v) is 8.39. The van der Waals surface area contributed by atoms with Crippen LogP contribution in [-0.4, -0.2) is 50.4 Å². The molecule has 1 amide bonds. The first-order valence-electron chi connectivity index (χ1n) is 8.39. The molecule has 2 aromatic rings. The Morgan fingerprint density at radius 1 is 0.964 bits per heavy atom. The highest BCUT2D eigenvalue weighted by Crippen LogP contribution is 2.43. The molecule has 1 unspecified atom stereocenters. The number of benzene rings is 2. The summed E-state index contributed by atoms with van der Waals surface area (Å²) >= 11 is 0. The fourth-order valence-corrected chi connectivity index (χ4v) is 2.77. The molecular formula is C20H23NO7. The maximum atomic E-state index is 12.5. The van der Waals surface area contributed by atoms with E-state index in [1.165, 1.54) is 34.4 Å². The lowest BCUT2D eigenvalue weighted by Gasteiger charge is -2.26. The van der Waals surface area contributed by atoms with E-state index in [0.29, 0.717) is 5.75 Å². The van der Waals surface area contributed by atoms with Crippen LogP contribution in [0.1, 0.15) is 17.2 Å². The zero-order valence-corrected chi connectivity index (χ0v) is 16.2. The minimum absolute atomic E-state index is 0.0272. The third kappa shape index (κ3) is 4.46. The van der Waals surface area contributed by atoms with Gasteiger partial charge in [-0.25, -0.2) is 9.59 Å². The van der Waals surface area contributed by atoms with Gasteiger partial charge in [-0.15, -0.1) is 0 Å². The summed E-state index contributed by atoms with van der Waals surface area (Å²) in [6, 6.07) is 10.8. The van der Waals surface area contributed by atoms with Gasteiger partial charge in [0, 0.05) is 12.6 Å². The Hall–Kier alpha value is -3.42. The molecule has 1 atom stereocenters. The first-order chi connectivity index (χ1) is 13.4. The molecular weight excluding hydrogens is 366 g/mol. The highest BCUT2D eigenvalue weighted by Gasteiger charge is 2.34. The van der Waals surface area contributed by atoms with Crippen molar-refractivity contribution >= 4 is 12.1 Å². The van der Waals surface area contributed by atoms with Crippen molar-refractivity contribution in [3.63, 3.8) is 0 Å². The van der Waals surface area contributed by atoms with Gasteiger partial charge in [-0.2, -0.15) is 0 Å². The van der Waals surface area contributed by atoms with Crippen LogP contribution in [0.4, 0.5) is 4.79 Å². The van der Waals surface area contributed by atoms with Crippen molar-refractivity contribution in [3.8, 4) is 17.2 Å². The van der Waals surface area contributed by atoms with Crippen LogP contribution < -0.4 is 14.2 Å². The van der Waals surface area contributed by atoms with Crippen LogP contribution in [0.5, 0.6) is 17.2 Å². The number of carboxylic acid groups (broad SMARTS) is 1. The summed E-state index contributed by atoms with van der Waals surface area (Å²) in [4.78, 5) is 25.4. The molecule has 2 aromatic carbocycles. The average Bonchev–Trinajstić information content (AvgIpc) is 2.71. The molecule has 0 spiro atoms. The van der Waals surface area contributed by atoms with Gasteiger partial charge in [0.15, 0.2) is 17.5 Å². The molecule has 150 valence electrons. The van der Waals surface area contributed by atoms with E-state index in [1.807, 2.05) is 18.2 Å². The first kappa shape index (κ1) is 20.9. The van der Waals surface area contributed by atoms with Crippen LogP contribution in [-0.2, 0) is 16.1 Å². The van der Waals surface area contributed by atoms with E-state index < -0.39 is 18.1 Å². The Morgan fingerprint density at radius 2 is 1.61 bits per heavy atom. The molecule has 28 heavy (non-hydrogen) atoms. The second kappa shape index (κ2) is 9.50. The number of amides is 1. The molecule has 0 radical (unpaired) electrons. The SMILES string of the molecule is COc1ccc(C(C(=O)O)N(C)C(=O)OCc2ccccc2)c(OC)c1OC. The number of methoxy groups -OCH3 is 3. The average molecular weight is 389 g/mol. The van der Waals surface area contributed by atoms with E-state index in [1.54, 1.807) is 18.2 Å². The minimum Gasteiger partial charge on any atom is -0.493 e. The molecule has 1 N–H and O–H groups in total. The monoisotopic (exact) mass is 389 g/mol. The van der Waals surface area contributed by atoms with E-state index in [-0.39, 0.29) is 23.7 Å². The molecule has 0 aliphatic rings. The van der Waals surface area contributed by atoms with Crippen LogP contribution in [0.2, 0.25) is 0 Å². The van der Waals surface area contributed by atoms with Crippen LogP contribution in [0.15, 0.2) is 42.5 Å². The second-order valence-electron chi connectivity index (χ2n) is 5.82. The molecule has 0 saturated heterocycles. The number of carbonyl (C=O) groups is 2. The lowest BCUT2D eigenvalue weighted by molar-refractivity contribution is -0.142. The van der Waals surface area contributed by atoms with Gasteiger partial charge in [0.1, 0.15) is 6.61 Å². The van der Waals surface area contributed by atoms with Crippen molar-refractivity contribution in [2.45, 2.75) is 12.6 Å². The summed E-state index contributed by atoms with van der Waals surface area (Å²) in [5.74, 6) is -0.469. The van der Waals surface area contributed by atoms with Gasteiger partial charge in [-0.3, -0.25) is 4.90 Å². The number of ether oxygens (including phenoxy) is 4. The molecule has 0 aliphatic heterocycles. The van der Waals surface area contributed by atoms with E-state index in [4.69, 9.17) is 18.9 Å². The van der Waals surface area contributed by atoms with Crippen molar-refractivity contribution in [2.75, 3.05) is 28.4 Å². The second-order valence-corrected chi connectivity index (χ2v) is 5.82. The zero-order chi connectivity index (χ0) is 20.7. The fourth-order valence-electron chi connectivity index (χ4n) is 2.77. The largest absolute Gasteiger partial charge is 0.493 e. The Morgan fingerprint density at radius 3 is 2.14 bits per heavy atom. The number of carboxylic acids is 1. The topological polar surface area (TPSA) is 94.5 Å². The van der Waals surface area contributed by atoms with Crippen LogP contribution in [0.25, 0.3) is 0 Å². The van der Waals surface area contributed by atoms with E-state index in [9.17, 15) is 14.7 Å². The minimum atomic E-state index is -1.35. The van der Waals surface area contributed by atoms with E-state index in [0.717, 1.165) is 10.5 Å². The fraction of sp³-hybridized carbons (Fsp3) is 0.300. The van der Waals surface area contributed by atoms with Crippen molar-refractivity contribution in [1.82, 2.24) is 4.90 Å². The molecule has 0 aliphatic carbocycles. The molecule has 0 bridgehead atoms. The third-order valence-electron chi connectivity index (χ3n) is 4.14. The lowest BCUT2D eigenvalue weighted by Crippen LogP contribution is -2.36. The van der Waals surface area contributed by atoms with Crippen molar-refractivity contribution < 1.29 is 33.6 Å². The molecule has 0 fully saturated rings. The van der Waals surface area contributed by atoms with Gasteiger partial charge in [-0.05, 0) is 17.7 Å². The van der Waals surface area contributed by atoms with Crippen molar-refractivity contribution in [1.29, 1.82) is 0 Å². The standard InChI is InChI=1S/C20H23NO7/c1-21(20(24)28-12-13-8-6-5-7-9-13)16(19(22)23)14-10-11-15(25-2)18(27-4)17(14)26-3/h5-11,16H,12H2,1-4H3,(H,22,23). The molecule has 0 heterocycles. The summed E-state index contributed by atoms with van der Waals surface area (Å²) in [5.41, 5.74) is 1.02. The number of rotatable bonds is 8. The maximum Gasteiger partial charge on any atom is 0.410 e. The van der Waals surface area contributed by atoms with Gasteiger partial charge in [0.25, 0.3) is 0 Å². The molecule has 8 heteroatoms. The highest BCUT2D eigenvalue weighted by atomic mass is 16.6. The zero-order valence-electron chi connectivity index (χ0n) is 16.2. The van der Waals surface area contributed by atoms with Crippen molar-refractivity contribution in [3.05, 3.63) is 53.6 Å². The van der Waals surface area contributed by atoms with Gasteiger partial charge in [0.05, 0.1) is 21.3 Å². The quantitative estimate of drug-likeness (QED) is 0.741. The Kier molecular flexibility index (Phi) is 7.08. The summed E-state index contributed by atoms with van der Waals surface area (Å²) < 4.78 is 21.1. The van der Waals surface area contributed by atoms with Gasteiger partial charge in [-0.1, -0.05) is 30.3 Å². The molecule has 8 nitrogen and oxygen atoms in total. The number of hydrogen-bond acceptors (Lipinski definition) is 6. The van der Waals surface area contributed by atoms with Crippen LogP contribution >= 0.6 is 0 Å². The summed E-state index contributed by atoms with van der Waals surface area (Å²) in [5, 5.41) is 9.76. The predicted molar refractivity (Wildman–Crippen MR) is 101 cm³/mol. The number of aliphatic carboxylic acids is 1. The van der Waals surface area contributed by atoms with Gasteiger partial charge in [0.2, 0.25) is 5.75 Å². The Balaban J connectivity index is 2.31. The lowest BCUT2D eigenvalue weighted by atomic mass is 10.0. The Bertz CT molecular complexity index is 823. The number of nitrogens with zero attached hydrogens (tertiary/aromatic N) is 1. The number of carbonyl (C=O) groups excluding carboxylic acids is 1. The molecule has 2 rings (SSSR count). The smallest absolute Gasteiger partial charge is 0.410 e. The summed E-state index contributed by atoms with van der Waals surface area (Å²) in [6.45, 7) is 0.0272. The number of likely N-dealkylation sites (N-methyl/N-ethyl adjacent to an activating group) is 1. The Labute approximate surface area is 163 Å². The van der Waals surface area contributed by atoms with Crippen LogP contribution in [0, 0.1) is 0 Å². The summed E-state index contributed by atoms with van der Waals surface area (Å²) in [6.07, 6.45) is -0.784. The van der Waals surface area contributed by atoms with Gasteiger partial charge >= 0.3 is 12.1 Å². The van der Waals surface area contributed by atoms with Gasteiger partial charge < -0.3 is 24.1 Å². The normalized spacial score (nSPS) is 11.3. The van der Waals surface area contributed by atoms with E-state index in [2.05, 4.69) is 0 Å². The molecule has 0 aromatic heterocycles.